The number of rotatable bonds is 9. The van der Waals surface area contributed by atoms with Crippen LogP contribution in [0, 0.1) is 6.92 Å². The van der Waals surface area contributed by atoms with Gasteiger partial charge in [-0.2, -0.15) is 0 Å². The Morgan fingerprint density at radius 1 is 1.15 bits per heavy atom. The molecule has 26 heavy (non-hydrogen) atoms. The molecule has 2 aromatic carbocycles. The van der Waals surface area contributed by atoms with E-state index in [0.29, 0.717) is 6.61 Å². The van der Waals surface area contributed by atoms with Gasteiger partial charge in [-0.3, -0.25) is 0 Å². The second kappa shape index (κ2) is 9.78. The first kappa shape index (κ1) is 19.7. The molecule has 0 saturated heterocycles. The third-order valence-electron chi connectivity index (χ3n) is 4.38. The topological polar surface area (TPSA) is 44.8 Å². The predicted octanol–water partition coefficient (Wildman–Crippen LogP) is 4.77. The molecule has 0 radical (unpaired) electrons. The molecule has 0 saturated carbocycles. The smallest absolute Gasteiger partial charge is 0.332 e. The first-order valence-electron chi connectivity index (χ1n) is 8.69. The Labute approximate surface area is 155 Å². The van der Waals surface area contributed by atoms with Crippen molar-refractivity contribution in [1.82, 2.24) is 0 Å². The lowest BCUT2D eigenvalue weighted by molar-refractivity contribution is -0.154. The molecule has 0 heterocycles. The molecular weight excluding hydrogens is 328 g/mol. The molecule has 0 aromatic heterocycles. The van der Waals surface area contributed by atoms with E-state index in [1.165, 1.54) is 5.56 Å². The standard InChI is InChI=1S/C22H26O4/c1-5-22(23)26-15-25-18(4)17(3)21-12-11-20(13-16(21)2)24-14-19-9-7-6-8-10-19/h5-13,17-18H,1,14-15H2,2-4H3. The fraction of sp³-hybridized carbons (Fsp3) is 0.318. The first-order chi connectivity index (χ1) is 12.5. The molecular formula is C22H26O4. The maximum atomic E-state index is 11.1. The van der Waals surface area contributed by atoms with E-state index in [9.17, 15) is 4.79 Å². The van der Waals surface area contributed by atoms with Gasteiger partial charge < -0.3 is 14.2 Å². The lowest BCUT2D eigenvalue weighted by Gasteiger charge is -2.22. The molecule has 4 nitrogen and oxygen atoms in total. The van der Waals surface area contributed by atoms with Gasteiger partial charge in [-0.1, -0.05) is 49.9 Å². The number of carbonyl (C=O) groups excluding carboxylic acids is 1. The van der Waals surface area contributed by atoms with Crippen molar-refractivity contribution in [3.8, 4) is 5.75 Å². The van der Waals surface area contributed by atoms with Crippen LogP contribution in [-0.4, -0.2) is 18.9 Å². The summed E-state index contributed by atoms with van der Waals surface area (Å²) in [5.74, 6) is 0.511. The summed E-state index contributed by atoms with van der Waals surface area (Å²) in [7, 11) is 0. The van der Waals surface area contributed by atoms with Gasteiger partial charge in [0.25, 0.3) is 0 Å². The number of aryl methyl sites for hydroxylation is 1. The summed E-state index contributed by atoms with van der Waals surface area (Å²) in [5, 5.41) is 0. The van der Waals surface area contributed by atoms with Gasteiger partial charge in [0, 0.05) is 12.0 Å². The SMILES string of the molecule is C=CC(=O)OCOC(C)C(C)c1ccc(OCc2ccccc2)cc1C. The van der Waals surface area contributed by atoms with E-state index in [1.54, 1.807) is 0 Å². The molecule has 2 aromatic rings. The summed E-state index contributed by atoms with van der Waals surface area (Å²) >= 11 is 0. The minimum atomic E-state index is -0.485. The number of benzene rings is 2. The fourth-order valence-electron chi connectivity index (χ4n) is 2.65. The molecule has 0 spiro atoms. The highest BCUT2D eigenvalue weighted by Crippen LogP contribution is 2.28. The van der Waals surface area contributed by atoms with Crippen LogP contribution < -0.4 is 4.74 Å². The highest BCUT2D eigenvalue weighted by molar-refractivity contribution is 5.81. The van der Waals surface area contributed by atoms with Crippen molar-refractivity contribution in [1.29, 1.82) is 0 Å². The summed E-state index contributed by atoms with van der Waals surface area (Å²) in [4.78, 5) is 11.1. The van der Waals surface area contributed by atoms with Gasteiger partial charge in [-0.15, -0.1) is 0 Å². The molecule has 0 aliphatic heterocycles. The molecule has 4 heteroatoms. The van der Waals surface area contributed by atoms with Crippen LogP contribution >= 0.6 is 0 Å². The van der Waals surface area contributed by atoms with Gasteiger partial charge in [-0.05, 0) is 42.7 Å². The second-order valence-electron chi connectivity index (χ2n) is 6.24. The molecule has 2 atom stereocenters. The molecule has 0 amide bonds. The number of esters is 1. The fourth-order valence-corrected chi connectivity index (χ4v) is 2.65. The molecule has 0 aliphatic carbocycles. The maximum absolute atomic E-state index is 11.1. The van der Waals surface area contributed by atoms with Crippen LogP contribution in [0.3, 0.4) is 0 Å². The zero-order chi connectivity index (χ0) is 18.9. The van der Waals surface area contributed by atoms with E-state index in [0.717, 1.165) is 23.0 Å². The summed E-state index contributed by atoms with van der Waals surface area (Å²) in [6, 6.07) is 16.2. The van der Waals surface area contributed by atoms with Crippen LogP contribution in [0.4, 0.5) is 0 Å². The summed E-state index contributed by atoms with van der Waals surface area (Å²) in [6.07, 6.45) is 1.03. The molecule has 2 unspecified atom stereocenters. The van der Waals surface area contributed by atoms with Crippen molar-refractivity contribution < 1.29 is 19.0 Å². The van der Waals surface area contributed by atoms with E-state index >= 15 is 0 Å². The monoisotopic (exact) mass is 354 g/mol. The summed E-state index contributed by atoms with van der Waals surface area (Å²) in [6.45, 7) is 9.94. The Kier molecular flexibility index (Phi) is 7.42. The number of ether oxygens (including phenoxy) is 3. The summed E-state index contributed by atoms with van der Waals surface area (Å²) < 4.78 is 16.3. The number of hydrogen-bond acceptors (Lipinski definition) is 4. The van der Waals surface area contributed by atoms with E-state index in [4.69, 9.17) is 14.2 Å². The number of hydrogen-bond donors (Lipinski definition) is 0. The molecule has 0 bridgehead atoms. The maximum Gasteiger partial charge on any atom is 0.332 e. The van der Waals surface area contributed by atoms with E-state index in [1.807, 2.05) is 49.4 Å². The van der Waals surface area contributed by atoms with Crippen molar-refractivity contribution in [2.24, 2.45) is 0 Å². The lowest BCUT2D eigenvalue weighted by atomic mass is 9.92. The van der Waals surface area contributed by atoms with Crippen LogP contribution in [0.15, 0.2) is 61.2 Å². The zero-order valence-electron chi connectivity index (χ0n) is 15.6. The highest BCUT2D eigenvalue weighted by atomic mass is 16.7. The zero-order valence-corrected chi connectivity index (χ0v) is 15.6. The molecule has 0 N–H and O–H groups in total. The Morgan fingerprint density at radius 2 is 1.88 bits per heavy atom. The van der Waals surface area contributed by atoms with Crippen molar-refractivity contribution >= 4 is 5.97 Å². The van der Waals surface area contributed by atoms with Crippen LogP contribution in [0.5, 0.6) is 5.75 Å². The Hall–Kier alpha value is -2.59. The quantitative estimate of drug-likeness (QED) is 0.370. The Bertz CT molecular complexity index is 724. The first-order valence-corrected chi connectivity index (χ1v) is 8.69. The number of carbonyl (C=O) groups is 1. The van der Waals surface area contributed by atoms with E-state index < -0.39 is 5.97 Å². The van der Waals surface area contributed by atoms with Crippen molar-refractivity contribution in [2.75, 3.05) is 6.79 Å². The molecule has 138 valence electrons. The molecule has 0 fully saturated rings. The third-order valence-corrected chi connectivity index (χ3v) is 4.38. The highest BCUT2D eigenvalue weighted by Gasteiger charge is 2.17. The molecule has 0 aliphatic rings. The molecule has 2 rings (SSSR count). The van der Waals surface area contributed by atoms with Gasteiger partial charge in [0.2, 0.25) is 0 Å². The van der Waals surface area contributed by atoms with Crippen molar-refractivity contribution in [3.05, 3.63) is 77.9 Å². The van der Waals surface area contributed by atoms with Gasteiger partial charge >= 0.3 is 5.97 Å². The van der Waals surface area contributed by atoms with Crippen molar-refractivity contribution in [3.63, 3.8) is 0 Å². The minimum absolute atomic E-state index is 0.0757. The van der Waals surface area contributed by atoms with Gasteiger partial charge in [-0.25, -0.2) is 4.79 Å². The van der Waals surface area contributed by atoms with Crippen LogP contribution in [0.25, 0.3) is 0 Å². The normalized spacial score (nSPS) is 12.9. The van der Waals surface area contributed by atoms with Gasteiger partial charge in [0.05, 0.1) is 6.10 Å². The minimum Gasteiger partial charge on any atom is -0.489 e. The Morgan fingerprint density at radius 3 is 2.54 bits per heavy atom. The largest absolute Gasteiger partial charge is 0.489 e. The third kappa shape index (κ3) is 5.74. The van der Waals surface area contributed by atoms with Gasteiger partial charge in [0.1, 0.15) is 12.4 Å². The van der Waals surface area contributed by atoms with E-state index in [-0.39, 0.29) is 18.8 Å². The van der Waals surface area contributed by atoms with Crippen molar-refractivity contribution in [2.45, 2.75) is 39.4 Å². The van der Waals surface area contributed by atoms with Crippen LogP contribution in [0.1, 0.15) is 36.5 Å². The summed E-state index contributed by atoms with van der Waals surface area (Å²) in [5.41, 5.74) is 3.46. The average molecular weight is 354 g/mol. The van der Waals surface area contributed by atoms with Crippen LogP contribution in [0.2, 0.25) is 0 Å². The van der Waals surface area contributed by atoms with E-state index in [2.05, 4.69) is 26.5 Å². The predicted molar refractivity (Wildman–Crippen MR) is 102 cm³/mol. The average Bonchev–Trinajstić information content (AvgIpc) is 2.66. The van der Waals surface area contributed by atoms with Gasteiger partial charge in [0.15, 0.2) is 6.79 Å². The lowest BCUT2D eigenvalue weighted by Crippen LogP contribution is -2.20. The second-order valence-corrected chi connectivity index (χ2v) is 6.24. The van der Waals surface area contributed by atoms with Crippen LogP contribution in [-0.2, 0) is 20.9 Å². The Balaban J connectivity index is 1.92.